The van der Waals surface area contributed by atoms with Crippen molar-refractivity contribution >= 4 is 28.8 Å². The van der Waals surface area contributed by atoms with Gasteiger partial charge < -0.3 is 19.5 Å². The third kappa shape index (κ3) is 2.80. The highest BCUT2D eigenvalue weighted by Crippen LogP contribution is 2.46. The number of fused-ring (bicyclic) bond motifs is 4. The second-order valence-electron chi connectivity index (χ2n) is 9.15. The molecule has 168 valence electrons. The number of aromatic nitrogens is 1. The van der Waals surface area contributed by atoms with Gasteiger partial charge in [-0.3, -0.25) is 4.79 Å². The topological polar surface area (TPSA) is 79.7 Å². The van der Waals surface area contributed by atoms with Crippen LogP contribution in [0.2, 0.25) is 0 Å². The first-order chi connectivity index (χ1) is 15.3. The average Bonchev–Trinajstić information content (AvgIpc) is 3.17. The number of pyridine rings is 1. The van der Waals surface area contributed by atoms with Gasteiger partial charge in [0.15, 0.2) is 6.29 Å². The number of hydrogen-bond donors (Lipinski definition) is 1. The molecular weight excluding hydrogens is 411 g/mol. The fourth-order valence-electron chi connectivity index (χ4n) is 5.73. The van der Waals surface area contributed by atoms with Crippen molar-refractivity contribution in [2.24, 2.45) is 11.8 Å². The number of ether oxygens (including phenoxy) is 1. The number of amides is 1. The summed E-state index contributed by atoms with van der Waals surface area (Å²) >= 11 is 0. The molecule has 2 unspecified atom stereocenters. The molecule has 0 saturated carbocycles. The van der Waals surface area contributed by atoms with Crippen LogP contribution in [0.1, 0.15) is 47.7 Å². The molecule has 1 N–H and O–H groups in total. The molecule has 0 spiro atoms. The molecule has 3 heterocycles. The number of aryl methyl sites for hydroxylation is 2. The molecule has 2 aliphatic heterocycles. The second-order valence-corrected chi connectivity index (χ2v) is 9.15. The van der Waals surface area contributed by atoms with Crippen molar-refractivity contribution in [3.8, 4) is 0 Å². The van der Waals surface area contributed by atoms with Gasteiger partial charge >= 0.3 is 0 Å². The zero-order valence-corrected chi connectivity index (χ0v) is 18.6. The van der Waals surface area contributed by atoms with E-state index in [4.69, 9.17) is 9.72 Å². The van der Waals surface area contributed by atoms with E-state index in [2.05, 4.69) is 0 Å². The standard InChI is InChI=1S/C25H27FN2O4/c1-4-25(31,12-29)18-8-21-23-16(10-28(21)24(30)17(18)11-32-3)15-7-5-6-14-13(2)19(26)9-20(27-23)22(14)15/h8-9,12,17-18,31H,4-7,10-11H2,1-3H3/t17?,18?,25-/m1/s1. The van der Waals surface area contributed by atoms with Gasteiger partial charge in [0.05, 0.1) is 36.0 Å². The third-order valence-electron chi connectivity index (χ3n) is 7.57. The van der Waals surface area contributed by atoms with Crippen molar-refractivity contribution in [3.63, 3.8) is 0 Å². The Bertz CT molecular complexity index is 1190. The van der Waals surface area contributed by atoms with Crippen LogP contribution in [-0.4, -0.2) is 46.5 Å². The van der Waals surface area contributed by atoms with Gasteiger partial charge in [0.2, 0.25) is 5.91 Å². The minimum absolute atomic E-state index is 0.104. The minimum Gasteiger partial charge on any atom is -0.384 e. The summed E-state index contributed by atoms with van der Waals surface area (Å²) in [5.74, 6) is -1.85. The number of halogens is 1. The summed E-state index contributed by atoms with van der Waals surface area (Å²) in [6.07, 6.45) is 5.10. The number of carbonyl (C=O) groups is 2. The number of hydrogen-bond acceptors (Lipinski definition) is 5. The Morgan fingerprint density at radius 2 is 2.09 bits per heavy atom. The van der Waals surface area contributed by atoms with Gasteiger partial charge in [0.1, 0.15) is 11.4 Å². The summed E-state index contributed by atoms with van der Waals surface area (Å²) in [4.78, 5) is 31.9. The van der Waals surface area contributed by atoms with Crippen LogP contribution in [0.4, 0.5) is 4.39 Å². The summed E-state index contributed by atoms with van der Waals surface area (Å²) in [7, 11) is 1.50. The van der Waals surface area contributed by atoms with Crippen molar-refractivity contribution in [1.29, 1.82) is 0 Å². The van der Waals surface area contributed by atoms with Gasteiger partial charge in [-0.05, 0) is 49.3 Å². The Morgan fingerprint density at radius 3 is 2.78 bits per heavy atom. The van der Waals surface area contributed by atoms with Crippen LogP contribution < -0.4 is 0 Å². The highest BCUT2D eigenvalue weighted by atomic mass is 19.1. The van der Waals surface area contributed by atoms with Crippen molar-refractivity contribution in [3.05, 3.63) is 45.9 Å². The maximum absolute atomic E-state index is 14.6. The molecule has 1 aromatic heterocycles. The zero-order valence-electron chi connectivity index (χ0n) is 18.6. The van der Waals surface area contributed by atoms with Gasteiger partial charge in [0.25, 0.3) is 0 Å². The first-order valence-corrected chi connectivity index (χ1v) is 11.2. The fourth-order valence-corrected chi connectivity index (χ4v) is 5.73. The van der Waals surface area contributed by atoms with E-state index in [1.54, 1.807) is 17.9 Å². The monoisotopic (exact) mass is 438 g/mol. The summed E-state index contributed by atoms with van der Waals surface area (Å²) in [6.45, 7) is 4.03. The molecule has 0 bridgehead atoms. The van der Waals surface area contributed by atoms with E-state index in [1.165, 1.54) is 13.2 Å². The highest BCUT2D eigenvalue weighted by Gasteiger charge is 2.49. The summed E-state index contributed by atoms with van der Waals surface area (Å²) < 4.78 is 19.9. The summed E-state index contributed by atoms with van der Waals surface area (Å²) in [5.41, 5.74) is 3.99. The molecule has 2 aromatic rings. The van der Waals surface area contributed by atoms with Gasteiger partial charge in [-0.2, -0.15) is 0 Å². The van der Waals surface area contributed by atoms with Crippen LogP contribution in [-0.2, 0) is 33.7 Å². The van der Waals surface area contributed by atoms with Gasteiger partial charge in [-0.15, -0.1) is 0 Å². The van der Waals surface area contributed by atoms with Crippen LogP contribution >= 0.6 is 0 Å². The maximum Gasteiger partial charge on any atom is 0.233 e. The number of rotatable bonds is 5. The number of aliphatic hydroxyl groups is 1. The lowest BCUT2D eigenvalue weighted by Gasteiger charge is -2.39. The van der Waals surface area contributed by atoms with Crippen molar-refractivity contribution in [2.75, 3.05) is 13.7 Å². The molecule has 3 aliphatic rings. The molecule has 0 fully saturated rings. The molecular formula is C25H27FN2O4. The van der Waals surface area contributed by atoms with E-state index in [-0.39, 0.29) is 24.8 Å². The zero-order chi connectivity index (χ0) is 22.8. The van der Waals surface area contributed by atoms with E-state index in [9.17, 15) is 19.1 Å². The molecule has 5 rings (SSSR count). The lowest BCUT2D eigenvalue weighted by Crippen LogP contribution is -2.51. The van der Waals surface area contributed by atoms with Crippen LogP contribution in [0, 0.1) is 24.6 Å². The number of carbonyl (C=O) groups excluding carboxylic acids is 2. The van der Waals surface area contributed by atoms with Crippen LogP contribution in [0.5, 0.6) is 0 Å². The molecule has 3 atom stereocenters. The van der Waals surface area contributed by atoms with Gasteiger partial charge in [0, 0.05) is 30.0 Å². The Labute approximate surface area is 186 Å². The Morgan fingerprint density at radius 1 is 1.34 bits per heavy atom. The molecule has 0 radical (unpaired) electrons. The van der Waals surface area contributed by atoms with Gasteiger partial charge in [-0.25, -0.2) is 9.37 Å². The summed E-state index contributed by atoms with van der Waals surface area (Å²) in [5, 5.41) is 12.0. The largest absolute Gasteiger partial charge is 0.384 e. The van der Waals surface area contributed by atoms with Crippen molar-refractivity contribution in [1.82, 2.24) is 9.88 Å². The van der Waals surface area contributed by atoms with E-state index in [0.717, 1.165) is 41.3 Å². The lowest BCUT2D eigenvalue weighted by molar-refractivity contribution is -0.145. The van der Waals surface area contributed by atoms with E-state index < -0.39 is 17.4 Å². The predicted octanol–water partition coefficient (Wildman–Crippen LogP) is 3.09. The van der Waals surface area contributed by atoms with Gasteiger partial charge in [-0.1, -0.05) is 13.0 Å². The van der Waals surface area contributed by atoms with E-state index >= 15 is 0 Å². The smallest absolute Gasteiger partial charge is 0.233 e. The second kappa shape index (κ2) is 7.46. The normalized spacial score (nSPS) is 23.6. The molecule has 0 saturated heterocycles. The molecule has 7 heteroatoms. The van der Waals surface area contributed by atoms with Crippen LogP contribution in [0.25, 0.3) is 16.6 Å². The molecule has 1 aliphatic carbocycles. The third-order valence-corrected chi connectivity index (χ3v) is 7.57. The Hall–Kier alpha value is -2.64. The number of methoxy groups -OCH3 is 1. The van der Waals surface area contributed by atoms with E-state index in [0.29, 0.717) is 35.3 Å². The van der Waals surface area contributed by atoms with Crippen molar-refractivity contribution in [2.45, 2.75) is 51.7 Å². The average molecular weight is 438 g/mol. The minimum atomic E-state index is -1.68. The van der Waals surface area contributed by atoms with Crippen LogP contribution in [0.3, 0.4) is 0 Å². The van der Waals surface area contributed by atoms with Crippen molar-refractivity contribution < 1.29 is 23.8 Å². The summed E-state index contributed by atoms with van der Waals surface area (Å²) in [6, 6.07) is 1.48. The predicted molar refractivity (Wildman–Crippen MR) is 117 cm³/mol. The molecule has 1 aromatic carbocycles. The molecule has 1 amide bonds. The van der Waals surface area contributed by atoms with E-state index in [1.807, 2.05) is 6.92 Å². The first kappa shape index (κ1) is 21.2. The maximum atomic E-state index is 14.6. The lowest BCUT2D eigenvalue weighted by atomic mass is 9.74. The number of benzene rings is 1. The fraction of sp³-hybridized carbons (Fsp3) is 0.480. The Kier molecular flexibility index (Phi) is 4.94. The SMILES string of the molecule is CC[C@@](O)(C=O)C1C=C2c3nc4cc(F)c(C)c5c4c(c3CN2C(=O)C1COC)CCC5. The first-order valence-electron chi connectivity index (χ1n) is 11.2. The molecule has 6 nitrogen and oxygen atoms in total. The molecule has 32 heavy (non-hydrogen) atoms. The highest BCUT2D eigenvalue weighted by molar-refractivity contribution is 5.98. The van der Waals surface area contributed by atoms with Crippen LogP contribution in [0.15, 0.2) is 12.1 Å². The number of aldehydes is 1. The number of nitrogens with zero attached hydrogens (tertiary/aromatic N) is 2. The Balaban J connectivity index is 1.75. The quantitative estimate of drug-likeness (QED) is 0.726.